The molecule has 0 unspecified atom stereocenters. The van der Waals surface area contributed by atoms with Crippen molar-refractivity contribution in [2.75, 3.05) is 14.7 Å². The van der Waals surface area contributed by atoms with Crippen LogP contribution in [-0.2, 0) is 27.1 Å². The molecule has 3 nitrogen and oxygen atoms in total. The first kappa shape index (κ1) is 56.9. The number of rotatable bonds is 11. The highest BCUT2D eigenvalue weighted by atomic mass is 35.5. The van der Waals surface area contributed by atoms with E-state index in [2.05, 4.69) is 330 Å². The van der Waals surface area contributed by atoms with Crippen LogP contribution in [0.2, 0.25) is 5.02 Å². The van der Waals surface area contributed by atoms with Crippen molar-refractivity contribution in [1.82, 2.24) is 0 Å². The van der Waals surface area contributed by atoms with Gasteiger partial charge in [0.2, 0.25) is 0 Å². The summed E-state index contributed by atoms with van der Waals surface area (Å²) in [6.07, 6.45) is 0. The van der Waals surface area contributed by atoms with E-state index in [9.17, 15) is 0 Å². The van der Waals surface area contributed by atoms with Crippen molar-refractivity contribution in [2.24, 2.45) is 0 Å². The molecule has 0 aliphatic carbocycles. The fraction of sp³-hybridized carbons (Fsp3) is 0.263. The van der Waals surface area contributed by atoms with Crippen LogP contribution >= 0.6 is 22.9 Å². The summed E-state index contributed by atoms with van der Waals surface area (Å²) in [7, 11) is 0. The van der Waals surface area contributed by atoms with Crippen LogP contribution in [0.4, 0.5) is 51.2 Å². The molecule has 412 valence electrons. The molecule has 0 aliphatic rings. The number of thiophene rings is 1. The van der Waals surface area contributed by atoms with Crippen molar-refractivity contribution < 1.29 is 0 Å². The van der Waals surface area contributed by atoms with Gasteiger partial charge in [0.15, 0.2) is 0 Å². The number of hydrogen-bond donors (Lipinski definition) is 0. The molecule has 9 aromatic carbocycles. The second-order valence-electron chi connectivity index (χ2n) is 27.0. The molecule has 0 saturated carbocycles. The third-order valence-electron chi connectivity index (χ3n) is 15.8. The van der Waals surface area contributed by atoms with Crippen LogP contribution in [0.15, 0.2) is 212 Å². The van der Waals surface area contributed by atoms with Gasteiger partial charge in [-0.15, -0.1) is 11.3 Å². The Morgan fingerprint density at radius 2 is 0.667 bits per heavy atom. The van der Waals surface area contributed by atoms with Gasteiger partial charge in [0.05, 0.1) is 33.5 Å². The Bertz CT molecular complexity index is 3840. The SMILES string of the molecule is CC(C)(C)c1ccc(N(c2cccc(N(c3ccc(C(C)(C)C)cc3-c3ccccc3)c3cccc(N(c4ccc(C(C)(C)C)cc4)c4csc5ccc(C(C)(C)C)cc45)c3Cl)c2)c2ccc(C(C)(C)C)cc2-c2ccccc2)cc1. The quantitative estimate of drug-likeness (QED) is 0.128. The number of fused-ring (bicyclic) bond motifs is 1. The summed E-state index contributed by atoms with van der Waals surface area (Å²) >= 11 is 10.1. The average molecular weight is 1100 g/mol. The van der Waals surface area contributed by atoms with Crippen LogP contribution in [0, 0.1) is 0 Å². The maximum atomic E-state index is 8.32. The molecule has 10 aromatic rings. The van der Waals surface area contributed by atoms with E-state index in [0.717, 1.165) is 73.4 Å². The van der Waals surface area contributed by atoms with Crippen LogP contribution in [0.3, 0.4) is 0 Å². The maximum absolute atomic E-state index is 8.32. The molecule has 10 rings (SSSR count). The zero-order valence-corrected chi connectivity index (χ0v) is 51.9. The van der Waals surface area contributed by atoms with Gasteiger partial charge >= 0.3 is 0 Å². The number of benzene rings is 9. The number of hydrogen-bond acceptors (Lipinski definition) is 4. The predicted octanol–water partition coefficient (Wildman–Crippen LogP) is 23.8. The summed E-state index contributed by atoms with van der Waals surface area (Å²) in [5.74, 6) is 0. The van der Waals surface area contributed by atoms with E-state index in [1.54, 1.807) is 11.3 Å². The largest absolute Gasteiger partial charge is 0.310 e. The molecule has 1 heterocycles. The molecule has 0 amide bonds. The molecular formula is C76H80ClN3S. The van der Waals surface area contributed by atoms with Crippen LogP contribution in [0.25, 0.3) is 32.3 Å². The fourth-order valence-electron chi connectivity index (χ4n) is 10.8. The van der Waals surface area contributed by atoms with Gasteiger partial charge < -0.3 is 14.7 Å². The second-order valence-corrected chi connectivity index (χ2v) is 28.3. The Labute approximate surface area is 493 Å². The number of halogens is 1. The van der Waals surface area contributed by atoms with Crippen molar-refractivity contribution in [3.8, 4) is 22.3 Å². The Hall–Kier alpha value is -7.37. The third-order valence-corrected chi connectivity index (χ3v) is 17.1. The number of anilines is 9. The smallest absolute Gasteiger partial charge is 0.0887 e. The summed E-state index contributed by atoms with van der Waals surface area (Å²) in [6, 6.07) is 76.5. The molecule has 0 bridgehead atoms. The lowest BCUT2D eigenvalue weighted by Gasteiger charge is -2.34. The minimum absolute atomic E-state index is 0.0164. The summed E-state index contributed by atoms with van der Waals surface area (Å²) in [4.78, 5) is 7.22. The van der Waals surface area contributed by atoms with Crippen LogP contribution < -0.4 is 14.7 Å². The Balaban J connectivity index is 1.26. The highest BCUT2D eigenvalue weighted by Crippen LogP contribution is 2.53. The van der Waals surface area contributed by atoms with Crippen molar-refractivity contribution in [3.05, 3.63) is 244 Å². The summed E-state index contributed by atoms with van der Waals surface area (Å²) in [5, 5.41) is 4.13. The van der Waals surface area contributed by atoms with E-state index in [-0.39, 0.29) is 27.1 Å². The topological polar surface area (TPSA) is 9.72 Å². The van der Waals surface area contributed by atoms with Crippen molar-refractivity contribution in [1.29, 1.82) is 0 Å². The Kier molecular flexibility index (Phi) is 15.3. The van der Waals surface area contributed by atoms with Crippen LogP contribution in [0.5, 0.6) is 0 Å². The average Bonchev–Trinajstić information content (AvgIpc) is 3.79. The highest BCUT2D eigenvalue weighted by molar-refractivity contribution is 7.17. The van der Waals surface area contributed by atoms with E-state index in [0.29, 0.717) is 5.02 Å². The van der Waals surface area contributed by atoms with Gasteiger partial charge in [-0.2, -0.15) is 0 Å². The minimum atomic E-state index is -0.106. The lowest BCUT2D eigenvalue weighted by Crippen LogP contribution is -2.18. The molecular weight excluding hydrogens is 1020 g/mol. The van der Waals surface area contributed by atoms with E-state index in [1.807, 2.05) is 0 Å². The van der Waals surface area contributed by atoms with Gasteiger partial charge in [0, 0.05) is 49.3 Å². The summed E-state index contributed by atoms with van der Waals surface area (Å²) < 4.78 is 1.23. The van der Waals surface area contributed by atoms with Crippen molar-refractivity contribution in [3.63, 3.8) is 0 Å². The standard InChI is InChI=1S/C76H80ClN3S/c1-72(2,3)53-32-39-58(40-33-53)78(65-43-36-55(74(7,8)9)46-62(65)51-24-18-16-19-25-51)60-28-22-29-61(49-60)80(66-44-37-56(75(10,11)12)47-63(66)52-26-20-17-21-27-52)68-31-23-30-67(71(68)77)79(59-41-34-54(35-42-59)73(4,5)6)69-50-81-70-45-38-57(48-64(69)70)76(13,14)15/h16-50H,1-15H3. The maximum Gasteiger partial charge on any atom is 0.0887 e. The van der Waals surface area contributed by atoms with E-state index < -0.39 is 0 Å². The molecule has 1 aromatic heterocycles. The zero-order valence-electron chi connectivity index (χ0n) is 50.3. The van der Waals surface area contributed by atoms with Gasteiger partial charge in [-0.25, -0.2) is 0 Å². The molecule has 0 N–H and O–H groups in total. The molecule has 0 aliphatic heterocycles. The molecule has 5 heteroatoms. The lowest BCUT2D eigenvalue weighted by atomic mass is 9.84. The normalized spacial score (nSPS) is 12.4. The third kappa shape index (κ3) is 11.9. The monoisotopic (exact) mass is 1100 g/mol. The number of nitrogens with zero attached hydrogens (tertiary/aromatic N) is 3. The van der Waals surface area contributed by atoms with Crippen LogP contribution in [-0.4, -0.2) is 0 Å². The molecule has 0 saturated heterocycles. The first-order chi connectivity index (χ1) is 38.3. The minimum Gasteiger partial charge on any atom is -0.310 e. The van der Waals surface area contributed by atoms with Gasteiger partial charge in [-0.3, -0.25) is 0 Å². The van der Waals surface area contributed by atoms with Crippen molar-refractivity contribution >= 4 is 84.2 Å². The van der Waals surface area contributed by atoms with E-state index in [1.165, 1.54) is 37.9 Å². The first-order valence-corrected chi connectivity index (χ1v) is 29.9. The molecule has 0 spiro atoms. The van der Waals surface area contributed by atoms with Gasteiger partial charge in [-0.05, 0) is 157 Å². The van der Waals surface area contributed by atoms with E-state index >= 15 is 0 Å². The predicted molar refractivity (Wildman–Crippen MR) is 355 cm³/mol. The first-order valence-electron chi connectivity index (χ1n) is 28.7. The van der Waals surface area contributed by atoms with Gasteiger partial charge in [-0.1, -0.05) is 231 Å². The lowest BCUT2D eigenvalue weighted by molar-refractivity contribution is 0.590. The fourth-order valence-corrected chi connectivity index (χ4v) is 12.0. The zero-order chi connectivity index (χ0) is 57.8. The highest BCUT2D eigenvalue weighted by Gasteiger charge is 2.30. The molecule has 81 heavy (non-hydrogen) atoms. The summed E-state index contributed by atoms with van der Waals surface area (Å²) in [5.41, 5.74) is 19.7. The molecule has 0 radical (unpaired) electrons. The molecule has 0 fully saturated rings. The summed E-state index contributed by atoms with van der Waals surface area (Å²) in [6.45, 7) is 34.3. The van der Waals surface area contributed by atoms with Crippen molar-refractivity contribution in [2.45, 2.75) is 131 Å². The van der Waals surface area contributed by atoms with E-state index in [4.69, 9.17) is 11.6 Å². The van der Waals surface area contributed by atoms with Gasteiger partial charge in [0.1, 0.15) is 0 Å². The Morgan fingerprint density at radius 1 is 0.296 bits per heavy atom. The molecule has 0 atom stereocenters. The van der Waals surface area contributed by atoms with Crippen LogP contribution in [0.1, 0.15) is 132 Å². The van der Waals surface area contributed by atoms with Gasteiger partial charge in [0.25, 0.3) is 0 Å². The Morgan fingerprint density at radius 3 is 1.12 bits per heavy atom. The second kappa shape index (κ2) is 21.8.